The first kappa shape index (κ1) is 22.0. The summed E-state index contributed by atoms with van der Waals surface area (Å²) in [4.78, 5) is 12.3. The van der Waals surface area contributed by atoms with Gasteiger partial charge in [-0.15, -0.1) is 0 Å². The first-order chi connectivity index (χ1) is 17.8. The number of pyridine rings is 1. The minimum atomic E-state index is 0.587. The van der Waals surface area contributed by atoms with Crippen molar-refractivity contribution < 1.29 is 9.47 Å². The predicted octanol–water partition coefficient (Wildman–Crippen LogP) is 4.42. The molecule has 5 heterocycles. The number of morpholine rings is 1. The van der Waals surface area contributed by atoms with E-state index in [9.17, 15) is 0 Å². The van der Waals surface area contributed by atoms with Gasteiger partial charge in [-0.05, 0) is 55.2 Å². The fraction of sp³-hybridized carbons (Fsp3) is 0.464. The number of rotatable bonds is 6. The van der Waals surface area contributed by atoms with Gasteiger partial charge in [-0.1, -0.05) is 18.2 Å². The maximum atomic E-state index is 5.62. The molecule has 186 valence electrons. The van der Waals surface area contributed by atoms with E-state index in [1.165, 1.54) is 18.4 Å². The van der Waals surface area contributed by atoms with E-state index in [4.69, 9.17) is 24.5 Å². The molecule has 1 aromatic carbocycles. The Balaban J connectivity index is 1.27. The Morgan fingerprint density at radius 3 is 2.58 bits per heavy atom. The van der Waals surface area contributed by atoms with Crippen molar-refractivity contribution in [3.05, 3.63) is 54.5 Å². The van der Waals surface area contributed by atoms with Crippen LogP contribution in [0.15, 0.2) is 48.9 Å². The van der Waals surface area contributed by atoms with Gasteiger partial charge in [0.05, 0.1) is 30.9 Å². The van der Waals surface area contributed by atoms with Crippen LogP contribution in [0.25, 0.3) is 28.2 Å². The molecule has 2 aliphatic heterocycles. The van der Waals surface area contributed by atoms with Crippen LogP contribution in [-0.2, 0) is 16.0 Å². The van der Waals surface area contributed by atoms with Crippen LogP contribution >= 0.6 is 0 Å². The van der Waals surface area contributed by atoms with Crippen molar-refractivity contribution in [3.8, 4) is 17.1 Å². The Kier molecular flexibility index (Phi) is 5.70. The summed E-state index contributed by atoms with van der Waals surface area (Å²) < 4.78 is 15.3. The van der Waals surface area contributed by atoms with Gasteiger partial charge in [0.25, 0.3) is 0 Å². The summed E-state index contributed by atoms with van der Waals surface area (Å²) in [6.45, 7) is 5.75. The van der Waals surface area contributed by atoms with E-state index in [-0.39, 0.29) is 0 Å². The topological polar surface area (TPSA) is 70.2 Å². The molecule has 4 aromatic rings. The van der Waals surface area contributed by atoms with Crippen LogP contribution in [0.1, 0.15) is 37.2 Å². The molecule has 0 atom stereocenters. The third-order valence-electron chi connectivity index (χ3n) is 7.74. The summed E-state index contributed by atoms with van der Waals surface area (Å²) in [5.41, 5.74) is 6.55. The molecule has 3 aromatic heterocycles. The molecule has 0 unspecified atom stereocenters. The number of imidazole rings is 1. The lowest BCUT2D eigenvalue weighted by Gasteiger charge is -2.29. The predicted molar refractivity (Wildman–Crippen MR) is 139 cm³/mol. The quantitative estimate of drug-likeness (QED) is 0.403. The zero-order valence-corrected chi connectivity index (χ0v) is 20.6. The molecule has 3 fully saturated rings. The second kappa shape index (κ2) is 9.33. The molecule has 0 N–H and O–H groups in total. The monoisotopic (exact) mass is 484 g/mol. The molecule has 0 spiro atoms. The highest BCUT2D eigenvalue weighted by atomic mass is 16.5. The highest BCUT2D eigenvalue weighted by Crippen LogP contribution is 2.41. The molecule has 3 aliphatic rings. The fourth-order valence-electron chi connectivity index (χ4n) is 5.48. The van der Waals surface area contributed by atoms with Gasteiger partial charge in [0.2, 0.25) is 0 Å². The van der Waals surface area contributed by atoms with Crippen molar-refractivity contribution in [3.63, 3.8) is 0 Å². The van der Waals surface area contributed by atoms with Gasteiger partial charge in [0.1, 0.15) is 5.52 Å². The number of hydrogen-bond acceptors (Lipinski definition) is 6. The average Bonchev–Trinajstić information content (AvgIpc) is 3.54. The third-order valence-corrected chi connectivity index (χ3v) is 7.74. The van der Waals surface area contributed by atoms with Gasteiger partial charge in [0.15, 0.2) is 11.5 Å². The summed E-state index contributed by atoms with van der Waals surface area (Å²) in [6.07, 6.45) is 8.74. The standard InChI is InChI=1S/C28H32N6O2/c1-2-22(21-4-5-21)16-23(3-1)24-6-9-34(31-24)26-17-25(32-10-14-36-15-11-32)27-28(30-26)33(19-29-27)18-20-7-12-35-13-8-20/h1-3,6,9,16-17,19-21H,4-5,7-8,10-15,18H2. The highest BCUT2D eigenvalue weighted by molar-refractivity contribution is 5.87. The SMILES string of the molecule is c1cc(-c2ccn(-c3cc(N4CCOCC4)c4ncn(CC5CCOCC5)c4n3)n2)cc(C2CC2)c1. The minimum Gasteiger partial charge on any atom is -0.381 e. The van der Waals surface area contributed by atoms with Gasteiger partial charge in [0, 0.05) is 50.7 Å². The van der Waals surface area contributed by atoms with E-state index in [1.54, 1.807) is 0 Å². The first-order valence-corrected chi connectivity index (χ1v) is 13.2. The Hall–Kier alpha value is -3.23. The van der Waals surface area contributed by atoms with E-state index in [2.05, 4.69) is 45.9 Å². The van der Waals surface area contributed by atoms with E-state index in [1.807, 2.05) is 17.2 Å². The molecule has 1 saturated carbocycles. The lowest BCUT2D eigenvalue weighted by atomic mass is 10.0. The molecule has 8 nitrogen and oxygen atoms in total. The normalized spacial score (nSPS) is 19.3. The maximum Gasteiger partial charge on any atom is 0.164 e. The van der Waals surface area contributed by atoms with E-state index in [0.717, 1.165) is 98.7 Å². The number of hydrogen-bond donors (Lipinski definition) is 0. The second-order valence-electron chi connectivity index (χ2n) is 10.3. The Morgan fingerprint density at radius 2 is 1.75 bits per heavy atom. The largest absolute Gasteiger partial charge is 0.381 e. The highest BCUT2D eigenvalue weighted by Gasteiger charge is 2.24. The zero-order chi connectivity index (χ0) is 23.9. The van der Waals surface area contributed by atoms with Gasteiger partial charge < -0.3 is 18.9 Å². The van der Waals surface area contributed by atoms with Crippen molar-refractivity contribution in [2.45, 2.75) is 38.1 Å². The van der Waals surface area contributed by atoms with E-state index in [0.29, 0.717) is 5.92 Å². The molecular weight excluding hydrogens is 452 g/mol. The fourth-order valence-corrected chi connectivity index (χ4v) is 5.48. The van der Waals surface area contributed by atoms with Gasteiger partial charge in [-0.2, -0.15) is 5.10 Å². The maximum absolute atomic E-state index is 5.62. The molecule has 7 rings (SSSR count). The summed E-state index contributed by atoms with van der Waals surface area (Å²) in [5.74, 6) is 2.13. The number of anilines is 1. The molecule has 36 heavy (non-hydrogen) atoms. The number of aromatic nitrogens is 5. The van der Waals surface area contributed by atoms with Gasteiger partial charge >= 0.3 is 0 Å². The summed E-state index contributed by atoms with van der Waals surface area (Å²) in [7, 11) is 0. The summed E-state index contributed by atoms with van der Waals surface area (Å²) in [6, 6.07) is 13.1. The summed E-state index contributed by atoms with van der Waals surface area (Å²) in [5, 5.41) is 4.96. The lowest BCUT2D eigenvalue weighted by molar-refractivity contribution is 0.0615. The lowest BCUT2D eigenvalue weighted by Crippen LogP contribution is -2.36. The first-order valence-electron chi connectivity index (χ1n) is 13.2. The molecule has 2 saturated heterocycles. The molecule has 0 amide bonds. The van der Waals surface area contributed by atoms with Gasteiger partial charge in [-0.25, -0.2) is 14.6 Å². The molecule has 1 aliphatic carbocycles. The molecular formula is C28H32N6O2. The molecule has 0 radical (unpaired) electrons. The van der Waals surface area contributed by atoms with Crippen LogP contribution in [-0.4, -0.2) is 63.8 Å². The van der Waals surface area contributed by atoms with Crippen molar-refractivity contribution >= 4 is 16.9 Å². The number of ether oxygens (including phenoxy) is 2. The molecule has 8 heteroatoms. The Bertz CT molecular complexity index is 1360. The number of nitrogens with zero attached hydrogens (tertiary/aromatic N) is 6. The van der Waals surface area contributed by atoms with Crippen LogP contribution in [0.3, 0.4) is 0 Å². The Morgan fingerprint density at radius 1 is 0.917 bits per heavy atom. The van der Waals surface area contributed by atoms with E-state index >= 15 is 0 Å². The minimum absolute atomic E-state index is 0.587. The van der Waals surface area contributed by atoms with Crippen LogP contribution < -0.4 is 4.90 Å². The number of benzene rings is 1. The van der Waals surface area contributed by atoms with Gasteiger partial charge in [-0.3, -0.25) is 0 Å². The smallest absolute Gasteiger partial charge is 0.164 e. The molecule has 0 bridgehead atoms. The summed E-state index contributed by atoms with van der Waals surface area (Å²) >= 11 is 0. The number of fused-ring (bicyclic) bond motifs is 1. The van der Waals surface area contributed by atoms with Crippen molar-refractivity contribution in [1.29, 1.82) is 0 Å². The third kappa shape index (κ3) is 4.29. The average molecular weight is 485 g/mol. The van der Waals surface area contributed by atoms with Crippen LogP contribution in [0.4, 0.5) is 5.69 Å². The van der Waals surface area contributed by atoms with Crippen LogP contribution in [0.2, 0.25) is 0 Å². The van der Waals surface area contributed by atoms with Crippen molar-refractivity contribution in [2.24, 2.45) is 5.92 Å². The van der Waals surface area contributed by atoms with Crippen LogP contribution in [0.5, 0.6) is 0 Å². The van der Waals surface area contributed by atoms with E-state index < -0.39 is 0 Å². The second-order valence-corrected chi connectivity index (χ2v) is 10.3. The Labute approximate surface area is 210 Å². The zero-order valence-electron chi connectivity index (χ0n) is 20.6. The van der Waals surface area contributed by atoms with Crippen molar-refractivity contribution in [2.75, 3.05) is 44.4 Å². The van der Waals surface area contributed by atoms with Crippen LogP contribution in [0, 0.1) is 5.92 Å². The van der Waals surface area contributed by atoms with Crippen molar-refractivity contribution in [1.82, 2.24) is 24.3 Å².